The summed E-state index contributed by atoms with van der Waals surface area (Å²) in [4.78, 5) is 0. The molecule has 2 unspecified atom stereocenters. The summed E-state index contributed by atoms with van der Waals surface area (Å²) in [6, 6.07) is 0. The summed E-state index contributed by atoms with van der Waals surface area (Å²) in [7, 11) is 0. The maximum atomic E-state index is 9.10. The first-order chi connectivity index (χ1) is 6.04. The van der Waals surface area contributed by atoms with Crippen molar-refractivity contribution in [3.63, 3.8) is 0 Å². The Labute approximate surface area is 81.2 Å². The molecule has 0 aliphatic carbocycles. The van der Waals surface area contributed by atoms with E-state index in [0.717, 1.165) is 25.9 Å². The molecule has 0 saturated carbocycles. The van der Waals surface area contributed by atoms with Gasteiger partial charge in [-0.2, -0.15) is 0 Å². The van der Waals surface area contributed by atoms with Crippen LogP contribution in [0.25, 0.3) is 0 Å². The van der Waals surface area contributed by atoms with E-state index in [2.05, 4.69) is 19.2 Å². The van der Waals surface area contributed by atoms with Crippen molar-refractivity contribution >= 4 is 0 Å². The molecule has 0 bridgehead atoms. The van der Waals surface area contributed by atoms with Crippen LogP contribution in [0.3, 0.4) is 0 Å². The van der Waals surface area contributed by atoms with E-state index in [1.54, 1.807) is 6.92 Å². The van der Waals surface area contributed by atoms with Gasteiger partial charge < -0.3 is 15.5 Å². The zero-order valence-electron chi connectivity index (χ0n) is 9.01. The van der Waals surface area contributed by atoms with Crippen LogP contribution in [0.5, 0.6) is 0 Å². The first-order valence-electron chi connectivity index (χ1n) is 5.03. The van der Waals surface area contributed by atoms with E-state index in [1.807, 2.05) is 0 Å². The van der Waals surface area contributed by atoms with Crippen LogP contribution in [0.1, 0.15) is 33.6 Å². The van der Waals surface area contributed by atoms with E-state index in [-0.39, 0.29) is 18.1 Å². The monoisotopic (exact) mass is 189 g/mol. The second-order valence-electron chi connectivity index (χ2n) is 4.14. The van der Waals surface area contributed by atoms with Crippen molar-refractivity contribution in [1.29, 1.82) is 0 Å². The maximum Gasteiger partial charge on any atom is 0.0524 e. The highest BCUT2D eigenvalue weighted by Gasteiger charge is 2.19. The van der Waals surface area contributed by atoms with Crippen LogP contribution in [0.15, 0.2) is 0 Å². The summed E-state index contributed by atoms with van der Waals surface area (Å²) in [5, 5.41) is 21.4. The van der Waals surface area contributed by atoms with Gasteiger partial charge in [-0.05, 0) is 26.3 Å². The molecule has 3 nitrogen and oxygen atoms in total. The van der Waals surface area contributed by atoms with Gasteiger partial charge in [-0.15, -0.1) is 0 Å². The Kier molecular flexibility index (Phi) is 6.29. The lowest BCUT2D eigenvalue weighted by molar-refractivity contribution is 0.132. The fourth-order valence-electron chi connectivity index (χ4n) is 0.994. The van der Waals surface area contributed by atoms with Gasteiger partial charge in [0.1, 0.15) is 0 Å². The minimum absolute atomic E-state index is 0.0152. The minimum Gasteiger partial charge on any atom is -0.396 e. The zero-order chi connectivity index (χ0) is 10.3. The van der Waals surface area contributed by atoms with Crippen molar-refractivity contribution in [3.05, 3.63) is 0 Å². The molecule has 0 aromatic rings. The lowest BCUT2D eigenvalue weighted by Gasteiger charge is -2.26. The molecule has 2 atom stereocenters. The van der Waals surface area contributed by atoms with E-state index in [1.165, 1.54) is 0 Å². The van der Waals surface area contributed by atoms with Crippen LogP contribution < -0.4 is 5.32 Å². The average molecular weight is 189 g/mol. The lowest BCUT2D eigenvalue weighted by Crippen LogP contribution is -2.35. The molecule has 0 fully saturated rings. The normalized spacial score (nSPS) is 18.2. The van der Waals surface area contributed by atoms with Crippen LogP contribution in [0.2, 0.25) is 0 Å². The highest BCUT2D eigenvalue weighted by Crippen LogP contribution is 2.18. The van der Waals surface area contributed by atoms with Gasteiger partial charge in [0, 0.05) is 18.6 Å². The van der Waals surface area contributed by atoms with E-state index < -0.39 is 0 Å². The molecule has 0 heterocycles. The number of hydrogen-bond donors (Lipinski definition) is 3. The predicted molar refractivity (Wildman–Crippen MR) is 54.7 cm³/mol. The Morgan fingerprint density at radius 2 is 2.08 bits per heavy atom. The lowest BCUT2D eigenvalue weighted by atomic mass is 9.88. The smallest absolute Gasteiger partial charge is 0.0524 e. The molecule has 0 aromatic heterocycles. The van der Waals surface area contributed by atoms with Crippen LogP contribution in [-0.2, 0) is 0 Å². The van der Waals surface area contributed by atoms with Crippen molar-refractivity contribution in [3.8, 4) is 0 Å². The van der Waals surface area contributed by atoms with Gasteiger partial charge in [0.15, 0.2) is 0 Å². The van der Waals surface area contributed by atoms with E-state index in [4.69, 9.17) is 10.2 Å². The third-order valence-electron chi connectivity index (χ3n) is 2.53. The summed E-state index contributed by atoms with van der Waals surface area (Å²) in [6.07, 6.45) is 1.49. The molecule has 80 valence electrons. The third-order valence-corrected chi connectivity index (χ3v) is 2.53. The molecule has 0 aliphatic rings. The molecule has 0 rings (SSSR count). The molecular formula is C10H23NO2. The quantitative estimate of drug-likeness (QED) is 0.518. The Morgan fingerprint density at radius 1 is 1.46 bits per heavy atom. The molecule has 3 heteroatoms. The first-order valence-corrected chi connectivity index (χ1v) is 5.03. The molecule has 0 radical (unpaired) electrons. The van der Waals surface area contributed by atoms with Crippen molar-refractivity contribution in [2.24, 2.45) is 5.41 Å². The molecule has 0 saturated heterocycles. The summed E-state index contributed by atoms with van der Waals surface area (Å²) in [5.41, 5.74) is -0.0152. The van der Waals surface area contributed by atoms with Crippen LogP contribution in [-0.4, -0.2) is 36.0 Å². The zero-order valence-corrected chi connectivity index (χ0v) is 9.01. The molecule has 0 aliphatic heterocycles. The van der Waals surface area contributed by atoms with Crippen LogP contribution in [0, 0.1) is 5.41 Å². The van der Waals surface area contributed by atoms with E-state index in [9.17, 15) is 0 Å². The first kappa shape index (κ1) is 12.9. The van der Waals surface area contributed by atoms with Crippen molar-refractivity contribution in [2.75, 3.05) is 19.7 Å². The van der Waals surface area contributed by atoms with E-state index in [0.29, 0.717) is 0 Å². The van der Waals surface area contributed by atoms with Gasteiger partial charge in [0.25, 0.3) is 0 Å². The molecule has 13 heavy (non-hydrogen) atoms. The Bertz CT molecular complexity index is 122. The SMILES string of the molecule is CCC(C)(CO)CNCCC(C)O. The Morgan fingerprint density at radius 3 is 2.46 bits per heavy atom. The average Bonchev–Trinajstić information content (AvgIpc) is 2.12. The van der Waals surface area contributed by atoms with Gasteiger partial charge >= 0.3 is 0 Å². The number of hydrogen-bond acceptors (Lipinski definition) is 3. The molecule has 0 aromatic carbocycles. The number of aliphatic hydroxyl groups excluding tert-OH is 2. The minimum atomic E-state index is -0.241. The van der Waals surface area contributed by atoms with E-state index >= 15 is 0 Å². The maximum absolute atomic E-state index is 9.10. The Balaban J connectivity index is 3.50. The standard InChI is InChI=1S/C10H23NO2/c1-4-10(3,8-12)7-11-6-5-9(2)13/h9,11-13H,4-8H2,1-3H3. The predicted octanol–water partition coefficient (Wildman–Crippen LogP) is 0.756. The van der Waals surface area contributed by atoms with Gasteiger partial charge in [-0.25, -0.2) is 0 Å². The second kappa shape index (κ2) is 6.35. The summed E-state index contributed by atoms with van der Waals surface area (Å²) in [6.45, 7) is 7.76. The molecule has 0 amide bonds. The molecule has 0 spiro atoms. The summed E-state index contributed by atoms with van der Waals surface area (Å²) < 4.78 is 0. The fraction of sp³-hybridized carbons (Fsp3) is 1.00. The number of rotatable bonds is 7. The number of nitrogens with one attached hydrogen (secondary N) is 1. The Hall–Kier alpha value is -0.120. The van der Waals surface area contributed by atoms with Crippen LogP contribution >= 0.6 is 0 Å². The largest absolute Gasteiger partial charge is 0.396 e. The van der Waals surface area contributed by atoms with Gasteiger partial charge in [-0.3, -0.25) is 0 Å². The molecule has 3 N–H and O–H groups in total. The topological polar surface area (TPSA) is 52.5 Å². The second-order valence-corrected chi connectivity index (χ2v) is 4.14. The summed E-state index contributed by atoms with van der Waals surface area (Å²) >= 11 is 0. The fourth-order valence-corrected chi connectivity index (χ4v) is 0.994. The molecular weight excluding hydrogens is 166 g/mol. The highest BCUT2D eigenvalue weighted by atomic mass is 16.3. The third kappa shape index (κ3) is 6.02. The van der Waals surface area contributed by atoms with Crippen molar-refractivity contribution < 1.29 is 10.2 Å². The van der Waals surface area contributed by atoms with Crippen LogP contribution in [0.4, 0.5) is 0 Å². The number of aliphatic hydroxyl groups is 2. The van der Waals surface area contributed by atoms with Gasteiger partial charge in [0.2, 0.25) is 0 Å². The highest BCUT2D eigenvalue weighted by molar-refractivity contribution is 4.74. The summed E-state index contributed by atoms with van der Waals surface area (Å²) in [5.74, 6) is 0. The van der Waals surface area contributed by atoms with Gasteiger partial charge in [0.05, 0.1) is 6.10 Å². The van der Waals surface area contributed by atoms with Crippen molar-refractivity contribution in [1.82, 2.24) is 5.32 Å². The van der Waals surface area contributed by atoms with Gasteiger partial charge in [-0.1, -0.05) is 13.8 Å². The van der Waals surface area contributed by atoms with Crippen molar-refractivity contribution in [2.45, 2.75) is 39.7 Å².